The molecule has 24 heavy (non-hydrogen) atoms. The molecule has 0 aliphatic heterocycles. The fourth-order valence-corrected chi connectivity index (χ4v) is 2.24. The van der Waals surface area contributed by atoms with Crippen LogP contribution in [0, 0.1) is 0 Å². The van der Waals surface area contributed by atoms with Gasteiger partial charge in [0, 0.05) is 5.56 Å². The van der Waals surface area contributed by atoms with Crippen molar-refractivity contribution in [3.05, 3.63) is 47.5 Å². The summed E-state index contributed by atoms with van der Waals surface area (Å²) in [5.41, 5.74) is 3.96. The molecule has 1 aromatic heterocycles. The lowest BCUT2D eigenvalue weighted by molar-refractivity contribution is 0.130. The quantitative estimate of drug-likeness (QED) is 0.511. The van der Waals surface area contributed by atoms with E-state index >= 15 is 0 Å². The van der Waals surface area contributed by atoms with Gasteiger partial charge in [-0.3, -0.25) is 0 Å². The summed E-state index contributed by atoms with van der Waals surface area (Å²) in [5.74, 6) is 1.32. The molecule has 7 nitrogen and oxygen atoms in total. The maximum Gasteiger partial charge on any atom is 0.161 e. The molecule has 0 saturated carbocycles. The van der Waals surface area contributed by atoms with Crippen LogP contribution in [-0.2, 0) is 11.4 Å². The van der Waals surface area contributed by atoms with Gasteiger partial charge in [0.25, 0.3) is 0 Å². The summed E-state index contributed by atoms with van der Waals surface area (Å²) in [6, 6.07) is 11.2. The maximum atomic E-state index is 5.43. The first kappa shape index (κ1) is 15.8. The Balaban J connectivity index is 1.69. The monoisotopic (exact) mass is 327 g/mol. The molecule has 3 rings (SSSR count). The predicted molar refractivity (Wildman–Crippen MR) is 88.4 cm³/mol. The minimum atomic E-state index is 0.327. The number of benzene rings is 2. The van der Waals surface area contributed by atoms with Crippen LogP contribution < -0.4 is 9.47 Å². The van der Waals surface area contributed by atoms with E-state index in [4.69, 9.17) is 14.3 Å². The zero-order valence-electron chi connectivity index (χ0n) is 13.6. The molecule has 2 aromatic carbocycles. The van der Waals surface area contributed by atoms with Gasteiger partial charge < -0.3 is 14.3 Å². The number of rotatable bonds is 6. The standard InChI is InChI=1S/C17H17N3O4/c1-11(13-5-7-16(21-2)17(9-13)22-3)18-23-10-12-4-6-14-15(8-12)20-24-19-14/h4-9H,10H2,1-3H3/b18-11+. The van der Waals surface area contributed by atoms with Crippen molar-refractivity contribution < 1.29 is 18.9 Å². The largest absolute Gasteiger partial charge is 0.493 e. The molecule has 0 unspecified atom stereocenters. The number of ether oxygens (including phenoxy) is 2. The highest BCUT2D eigenvalue weighted by molar-refractivity contribution is 5.98. The highest BCUT2D eigenvalue weighted by Crippen LogP contribution is 2.27. The van der Waals surface area contributed by atoms with E-state index in [0.29, 0.717) is 29.1 Å². The summed E-state index contributed by atoms with van der Waals surface area (Å²) in [5, 5.41) is 11.7. The third-order valence-electron chi connectivity index (χ3n) is 3.55. The lowest BCUT2D eigenvalue weighted by atomic mass is 10.1. The van der Waals surface area contributed by atoms with Crippen LogP contribution in [0.3, 0.4) is 0 Å². The second kappa shape index (κ2) is 6.99. The average Bonchev–Trinajstić information content (AvgIpc) is 3.08. The highest BCUT2D eigenvalue weighted by atomic mass is 16.6. The Bertz CT molecular complexity index is 873. The van der Waals surface area contributed by atoms with Crippen molar-refractivity contribution in [1.82, 2.24) is 10.3 Å². The number of aromatic nitrogens is 2. The molecule has 0 saturated heterocycles. The van der Waals surface area contributed by atoms with Gasteiger partial charge in [0.15, 0.2) is 11.5 Å². The molecule has 0 aliphatic carbocycles. The van der Waals surface area contributed by atoms with Crippen molar-refractivity contribution in [2.45, 2.75) is 13.5 Å². The minimum Gasteiger partial charge on any atom is -0.493 e. The van der Waals surface area contributed by atoms with E-state index in [1.54, 1.807) is 14.2 Å². The third-order valence-corrected chi connectivity index (χ3v) is 3.55. The van der Waals surface area contributed by atoms with E-state index in [1.807, 2.05) is 43.3 Å². The van der Waals surface area contributed by atoms with Gasteiger partial charge in [-0.2, -0.15) is 0 Å². The molecule has 0 amide bonds. The van der Waals surface area contributed by atoms with Crippen molar-refractivity contribution in [3.63, 3.8) is 0 Å². The van der Waals surface area contributed by atoms with Crippen molar-refractivity contribution in [2.75, 3.05) is 14.2 Å². The van der Waals surface area contributed by atoms with Gasteiger partial charge in [0.05, 0.1) is 19.9 Å². The van der Waals surface area contributed by atoms with Crippen molar-refractivity contribution in [1.29, 1.82) is 0 Å². The molecule has 124 valence electrons. The minimum absolute atomic E-state index is 0.327. The van der Waals surface area contributed by atoms with Crippen LogP contribution >= 0.6 is 0 Å². The molecule has 1 heterocycles. The van der Waals surface area contributed by atoms with Crippen LogP contribution in [-0.4, -0.2) is 30.2 Å². The van der Waals surface area contributed by atoms with Gasteiger partial charge >= 0.3 is 0 Å². The molecular weight excluding hydrogens is 310 g/mol. The highest BCUT2D eigenvalue weighted by Gasteiger charge is 2.07. The number of oxime groups is 1. The van der Waals surface area contributed by atoms with Gasteiger partial charge in [0.2, 0.25) is 0 Å². The number of hydrogen-bond donors (Lipinski definition) is 0. The van der Waals surface area contributed by atoms with E-state index in [9.17, 15) is 0 Å². The lowest BCUT2D eigenvalue weighted by Crippen LogP contribution is -1.99. The first-order chi connectivity index (χ1) is 11.7. The smallest absolute Gasteiger partial charge is 0.161 e. The van der Waals surface area contributed by atoms with Crippen LogP contribution in [0.4, 0.5) is 0 Å². The summed E-state index contributed by atoms with van der Waals surface area (Å²) < 4.78 is 15.2. The number of fused-ring (bicyclic) bond motifs is 1. The Morgan fingerprint density at radius 3 is 2.58 bits per heavy atom. The molecule has 0 radical (unpaired) electrons. The molecule has 7 heteroatoms. The Morgan fingerprint density at radius 1 is 1.00 bits per heavy atom. The summed E-state index contributed by atoms with van der Waals surface area (Å²) in [4.78, 5) is 5.43. The van der Waals surface area contributed by atoms with E-state index < -0.39 is 0 Å². The summed E-state index contributed by atoms with van der Waals surface area (Å²) in [6.45, 7) is 2.19. The first-order valence-electron chi connectivity index (χ1n) is 7.31. The van der Waals surface area contributed by atoms with Gasteiger partial charge in [-0.1, -0.05) is 11.2 Å². The van der Waals surface area contributed by atoms with Gasteiger partial charge in [-0.05, 0) is 53.1 Å². The molecule has 0 spiro atoms. The number of nitrogens with zero attached hydrogens (tertiary/aromatic N) is 3. The SMILES string of the molecule is COc1ccc(/C(C)=N/OCc2ccc3nonc3c2)cc1OC. The predicted octanol–water partition coefficient (Wildman–Crippen LogP) is 3.18. The summed E-state index contributed by atoms with van der Waals surface area (Å²) in [7, 11) is 3.20. The van der Waals surface area contributed by atoms with Crippen molar-refractivity contribution in [2.24, 2.45) is 5.16 Å². The normalized spacial score (nSPS) is 11.5. The Kier molecular flexibility index (Phi) is 4.60. The summed E-state index contributed by atoms with van der Waals surface area (Å²) >= 11 is 0. The molecule has 3 aromatic rings. The average molecular weight is 327 g/mol. The Morgan fingerprint density at radius 2 is 1.79 bits per heavy atom. The molecule has 0 aliphatic rings. The molecule has 0 N–H and O–H groups in total. The number of methoxy groups -OCH3 is 2. The van der Waals surface area contributed by atoms with Gasteiger partial charge in [-0.25, -0.2) is 4.63 Å². The van der Waals surface area contributed by atoms with Crippen LogP contribution in [0.5, 0.6) is 11.5 Å². The first-order valence-corrected chi connectivity index (χ1v) is 7.31. The van der Waals surface area contributed by atoms with Gasteiger partial charge in [-0.15, -0.1) is 0 Å². The maximum absolute atomic E-state index is 5.43. The van der Waals surface area contributed by atoms with Crippen molar-refractivity contribution in [3.8, 4) is 11.5 Å². The Hall–Kier alpha value is -3.09. The topological polar surface area (TPSA) is 79.0 Å². The second-order valence-electron chi connectivity index (χ2n) is 5.11. The van der Waals surface area contributed by atoms with Crippen LogP contribution in [0.2, 0.25) is 0 Å². The van der Waals surface area contributed by atoms with E-state index in [0.717, 1.165) is 16.8 Å². The number of hydrogen-bond acceptors (Lipinski definition) is 7. The Labute approximate surface area is 138 Å². The molecule has 0 bridgehead atoms. The van der Waals surface area contributed by atoms with Crippen LogP contribution in [0.1, 0.15) is 18.1 Å². The zero-order chi connectivity index (χ0) is 16.9. The van der Waals surface area contributed by atoms with E-state index in [1.165, 1.54) is 0 Å². The molecule has 0 atom stereocenters. The third kappa shape index (κ3) is 3.29. The fraction of sp³-hybridized carbons (Fsp3) is 0.235. The second-order valence-corrected chi connectivity index (χ2v) is 5.11. The zero-order valence-corrected chi connectivity index (χ0v) is 13.6. The molecule has 0 fully saturated rings. The van der Waals surface area contributed by atoms with E-state index in [-0.39, 0.29) is 0 Å². The van der Waals surface area contributed by atoms with E-state index in [2.05, 4.69) is 20.1 Å². The van der Waals surface area contributed by atoms with Crippen molar-refractivity contribution >= 4 is 16.7 Å². The molecular formula is C17H17N3O4. The lowest BCUT2D eigenvalue weighted by Gasteiger charge is -2.09. The van der Waals surface area contributed by atoms with Crippen LogP contribution in [0.15, 0.2) is 46.2 Å². The fourth-order valence-electron chi connectivity index (χ4n) is 2.24. The summed E-state index contributed by atoms with van der Waals surface area (Å²) in [6.07, 6.45) is 0. The van der Waals surface area contributed by atoms with Gasteiger partial charge in [0.1, 0.15) is 17.6 Å². The van der Waals surface area contributed by atoms with Crippen LogP contribution in [0.25, 0.3) is 11.0 Å².